The summed E-state index contributed by atoms with van der Waals surface area (Å²) in [7, 11) is 5.01. The molecule has 3 rings (SSSR count). The largest absolute Gasteiger partial charge is 0.495 e. The molecule has 2 aromatic rings. The zero-order valence-electron chi connectivity index (χ0n) is 18.3. The third-order valence-electron chi connectivity index (χ3n) is 5.66. The van der Waals surface area contributed by atoms with E-state index in [9.17, 15) is 4.79 Å². The van der Waals surface area contributed by atoms with Gasteiger partial charge in [-0.3, -0.25) is 14.4 Å². The number of benzene rings is 1. The average molecular weight is 416 g/mol. The Balaban J connectivity index is 1.60. The molecule has 0 amide bonds. The van der Waals surface area contributed by atoms with Crippen LogP contribution in [0.4, 0.5) is 11.4 Å². The molecule has 1 aliphatic heterocycles. The van der Waals surface area contributed by atoms with Crippen LogP contribution in [0.15, 0.2) is 24.5 Å². The normalized spacial score (nSPS) is 14.7. The molecule has 1 aliphatic rings. The summed E-state index contributed by atoms with van der Waals surface area (Å²) in [6.45, 7) is 4.98. The molecule has 164 valence electrons. The standard InChI is InChI=1S/C22H33N5O3/c1-25-16-17(15-24-25)18-13-19(23)21(29-2)14-20(18)27-11-9-26(10-12-27)8-6-4-5-7-22(28)30-3/h13-16H,4-12,23H2,1-3H3. The van der Waals surface area contributed by atoms with Crippen LogP contribution in [0.5, 0.6) is 5.75 Å². The second kappa shape index (κ2) is 10.3. The fourth-order valence-electron chi connectivity index (χ4n) is 3.91. The summed E-state index contributed by atoms with van der Waals surface area (Å²) in [4.78, 5) is 16.1. The minimum atomic E-state index is -0.119. The summed E-state index contributed by atoms with van der Waals surface area (Å²) >= 11 is 0. The zero-order valence-corrected chi connectivity index (χ0v) is 18.3. The van der Waals surface area contributed by atoms with E-state index in [0.29, 0.717) is 17.9 Å². The van der Waals surface area contributed by atoms with Crippen molar-refractivity contribution in [1.29, 1.82) is 0 Å². The van der Waals surface area contributed by atoms with E-state index in [1.165, 1.54) is 7.11 Å². The van der Waals surface area contributed by atoms with Crippen molar-refractivity contribution in [3.8, 4) is 16.9 Å². The van der Waals surface area contributed by atoms with E-state index in [4.69, 9.17) is 15.2 Å². The lowest BCUT2D eigenvalue weighted by Crippen LogP contribution is -2.46. The van der Waals surface area contributed by atoms with Crippen molar-refractivity contribution in [2.75, 3.05) is 57.6 Å². The van der Waals surface area contributed by atoms with E-state index in [1.807, 2.05) is 31.6 Å². The second-order valence-corrected chi connectivity index (χ2v) is 7.73. The number of nitrogens with two attached hydrogens (primary N) is 1. The Labute approximate surface area is 178 Å². The van der Waals surface area contributed by atoms with Crippen LogP contribution in [0.2, 0.25) is 0 Å². The number of unbranched alkanes of at least 4 members (excludes halogenated alkanes) is 2. The number of rotatable bonds is 9. The maximum Gasteiger partial charge on any atom is 0.305 e. The van der Waals surface area contributed by atoms with Gasteiger partial charge >= 0.3 is 5.97 Å². The van der Waals surface area contributed by atoms with Crippen molar-refractivity contribution in [3.05, 3.63) is 24.5 Å². The third kappa shape index (κ3) is 5.44. The molecular weight excluding hydrogens is 382 g/mol. The van der Waals surface area contributed by atoms with Gasteiger partial charge in [0.05, 0.1) is 26.1 Å². The highest BCUT2D eigenvalue weighted by Crippen LogP contribution is 2.38. The molecule has 1 saturated heterocycles. The summed E-state index contributed by atoms with van der Waals surface area (Å²) in [6, 6.07) is 4.03. The predicted molar refractivity (Wildman–Crippen MR) is 119 cm³/mol. The maximum atomic E-state index is 11.2. The maximum absolute atomic E-state index is 11.2. The molecular formula is C22H33N5O3. The van der Waals surface area contributed by atoms with Crippen LogP contribution in [0.1, 0.15) is 25.7 Å². The van der Waals surface area contributed by atoms with Crippen LogP contribution in [-0.4, -0.2) is 67.6 Å². The highest BCUT2D eigenvalue weighted by molar-refractivity contribution is 5.83. The summed E-state index contributed by atoms with van der Waals surface area (Å²) in [5.74, 6) is 0.581. The van der Waals surface area contributed by atoms with Crippen LogP contribution in [0.3, 0.4) is 0 Å². The van der Waals surface area contributed by atoms with Crippen molar-refractivity contribution in [3.63, 3.8) is 0 Å². The van der Waals surface area contributed by atoms with E-state index in [0.717, 1.165) is 68.8 Å². The second-order valence-electron chi connectivity index (χ2n) is 7.73. The van der Waals surface area contributed by atoms with Gasteiger partial charge in [-0.15, -0.1) is 0 Å². The number of aryl methyl sites for hydroxylation is 1. The fraction of sp³-hybridized carbons (Fsp3) is 0.545. The SMILES string of the molecule is COC(=O)CCCCCN1CCN(c2cc(OC)c(N)cc2-c2cnn(C)c2)CC1. The van der Waals surface area contributed by atoms with Crippen LogP contribution in [0, 0.1) is 0 Å². The number of carbonyl (C=O) groups is 1. The molecule has 1 fully saturated rings. The number of nitrogens with zero attached hydrogens (tertiary/aromatic N) is 4. The minimum absolute atomic E-state index is 0.119. The number of methoxy groups -OCH3 is 2. The lowest BCUT2D eigenvalue weighted by molar-refractivity contribution is -0.140. The number of anilines is 2. The Morgan fingerprint density at radius 1 is 1.13 bits per heavy atom. The average Bonchev–Trinajstić information content (AvgIpc) is 3.19. The number of hydrogen-bond donors (Lipinski definition) is 1. The fourth-order valence-corrected chi connectivity index (χ4v) is 3.91. The molecule has 0 unspecified atom stereocenters. The Morgan fingerprint density at radius 3 is 2.53 bits per heavy atom. The number of carbonyl (C=O) groups excluding carboxylic acids is 1. The third-order valence-corrected chi connectivity index (χ3v) is 5.66. The molecule has 0 atom stereocenters. The molecule has 2 heterocycles. The van der Waals surface area contributed by atoms with E-state index in [2.05, 4.69) is 14.9 Å². The first kappa shape index (κ1) is 22.0. The Hall–Kier alpha value is -2.74. The Bertz CT molecular complexity index is 843. The molecule has 0 saturated carbocycles. The van der Waals surface area contributed by atoms with Crippen molar-refractivity contribution in [2.24, 2.45) is 7.05 Å². The molecule has 30 heavy (non-hydrogen) atoms. The van der Waals surface area contributed by atoms with Crippen LogP contribution >= 0.6 is 0 Å². The zero-order chi connectivity index (χ0) is 21.5. The summed E-state index contributed by atoms with van der Waals surface area (Å²) in [5.41, 5.74) is 10.1. The highest BCUT2D eigenvalue weighted by Gasteiger charge is 2.21. The van der Waals surface area contributed by atoms with Gasteiger partial charge in [0.25, 0.3) is 0 Å². The molecule has 0 spiro atoms. The number of aromatic nitrogens is 2. The van der Waals surface area contributed by atoms with Crippen molar-refractivity contribution in [2.45, 2.75) is 25.7 Å². The monoisotopic (exact) mass is 415 g/mol. The molecule has 8 nitrogen and oxygen atoms in total. The van der Waals surface area contributed by atoms with Crippen molar-refractivity contribution in [1.82, 2.24) is 14.7 Å². The Morgan fingerprint density at radius 2 is 1.90 bits per heavy atom. The number of hydrogen-bond acceptors (Lipinski definition) is 7. The van der Waals surface area contributed by atoms with Gasteiger partial charge < -0.3 is 20.1 Å². The number of nitrogen functional groups attached to an aromatic ring is 1. The topological polar surface area (TPSA) is 85.8 Å². The minimum Gasteiger partial charge on any atom is -0.495 e. The summed E-state index contributed by atoms with van der Waals surface area (Å²) in [5, 5.41) is 4.32. The number of piperazine rings is 1. The first-order valence-corrected chi connectivity index (χ1v) is 10.5. The summed E-state index contributed by atoms with van der Waals surface area (Å²) in [6.07, 6.45) is 7.45. The molecule has 1 aromatic carbocycles. The molecule has 0 radical (unpaired) electrons. The van der Waals surface area contributed by atoms with Crippen molar-refractivity contribution >= 4 is 17.3 Å². The van der Waals surface area contributed by atoms with Gasteiger partial charge in [-0.05, 0) is 25.5 Å². The highest BCUT2D eigenvalue weighted by atomic mass is 16.5. The van der Waals surface area contributed by atoms with Gasteiger partial charge in [0, 0.05) is 68.7 Å². The lowest BCUT2D eigenvalue weighted by Gasteiger charge is -2.37. The molecule has 0 bridgehead atoms. The quantitative estimate of drug-likeness (QED) is 0.383. The van der Waals surface area contributed by atoms with Gasteiger partial charge in [-0.1, -0.05) is 6.42 Å². The first-order chi connectivity index (χ1) is 14.5. The van der Waals surface area contributed by atoms with Gasteiger partial charge in [0.1, 0.15) is 5.75 Å². The van der Waals surface area contributed by atoms with E-state index in [-0.39, 0.29) is 5.97 Å². The van der Waals surface area contributed by atoms with E-state index >= 15 is 0 Å². The summed E-state index contributed by atoms with van der Waals surface area (Å²) < 4.78 is 12.0. The van der Waals surface area contributed by atoms with Gasteiger partial charge in [-0.25, -0.2) is 0 Å². The molecule has 8 heteroatoms. The van der Waals surface area contributed by atoms with Crippen LogP contribution in [0.25, 0.3) is 11.1 Å². The molecule has 1 aromatic heterocycles. The lowest BCUT2D eigenvalue weighted by atomic mass is 10.0. The van der Waals surface area contributed by atoms with Gasteiger partial charge in [0.2, 0.25) is 0 Å². The van der Waals surface area contributed by atoms with E-state index in [1.54, 1.807) is 11.8 Å². The number of ether oxygens (including phenoxy) is 2. The number of esters is 1. The molecule has 2 N–H and O–H groups in total. The van der Waals surface area contributed by atoms with Gasteiger partial charge in [-0.2, -0.15) is 5.10 Å². The van der Waals surface area contributed by atoms with Crippen LogP contribution in [-0.2, 0) is 16.6 Å². The predicted octanol–water partition coefficient (Wildman–Crippen LogP) is 2.53. The molecule has 0 aliphatic carbocycles. The first-order valence-electron chi connectivity index (χ1n) is 10.5. The van der Waals surface area contributed by atoms with Gasteiger partial charge in [0.15, 0.2) is 0 Å². The Kier molecular flexibility index (Phi) is 7.57. The van der Waals surface area contributed by atoms with Crippen molar-refractivity contribution < 1.29 is 14.3 Å². The van der Waals surface area contributed by atoms with Crippen LogP contribution < -0.4 is 15.4 Å². The smallest absolute Gasteiger partial charge is 0.305 e. The van der Waals surface area contributed by atoms with E-state index < -0.39 is 0 Å².